The summed E-state index contributed by atoms with van der Waals surface area (Å²) in [7, 11) is 0. The van der Waals surface area contributed by atoms with Crippen molar-refractivity contribution < 1.29 is 13.6 Å². The quantitative estimate of drug-likeness (QED) is 0.440. The van der Waals surface area contributed by atoms with Gasteiger partial charge in [-0.15, -0.1) is 16.8 Å². The van der Waals surface area contributed by atoms with Crippen LogP contribution in [0.2, 0.25) is 0 Å². The van der Waals surface area contributed by atoms with E-state index in [-0.39, 0.29) is 17.5 Å². The lowest BCUT2D eigenvalue weighted by Crippen LogP contribution is -2.14. The molecule has 2 aromatic heterocycles. The zero-order valence-corrected chi connectivity index (χ0v) is 15.9. The number of aromatic nitrogens is 3. The highest BCUT2D eigenvalue weighted by Crippen LogP contribution is 2.27. The van der Waals surface area contributed by atoms with E-state index in [1.807, 2.05) is 4.57 Å². The van der Waals surface area contributed by atoms with Gasteiger partial charge in [-0.2, -0.15) is 0 Å². The molecule has 0 radical (unpaired) electrons. The smallest absolute Gasteiger partial charge is 0.234 e. The van der Waals surface area contributed by atoms with Crippen LogP contribution in [0.1, 0.15) is 0 Å². The minimum atomic E-state index is -0.355. The number of furan rings is 1. The molecule has 0 spiro atoms. The summed E-state index contributed by atoms with van der Waals surface area (Å²) >= 11 is 4.50. The Morgan fingerprint density at radius 3 is 2.73 bits per heavy atom. The predicted molar refractivity (Wildman–Crippen MR) is 101 cm³/mol. The number of halogens is 2. The van der Waals surface area contributed by atoms with Crippen molar-refractivity contribution in [3.63, 3.8) is 0 Å². The van der Waals surface area contributed by atoms with Crippen molar-refractivity contribution in [2.24, 2.45) is 0 Å². The summed E-state index contributed by atoms with van der Waals surface area (Å²) in [6.07, 6.45) is 1.72. The van der Waals surface area contributed by atoms with Gasteiger partial charge in [-0.25, -0.2) is 4.39 Å². The van der Waals surface area contributed by atoms with Crippen LogP contribution in [0.15, 0.2) is 63.3 Å². The molecule has 0 unspecified atom stereocenters. The zero-order valence-electron chi connectivity index (χ0n) is 13.5. The number of thioether (sulfide) groups is 1. The van der Waals surface area contributed by atoms with Gasteiger partial charge < -0.3 is 9.73 Å². The van der Waals surface area contributed by atoms with Crippen molar-refractivity contribution in [1.29, 1.82) is 0 Å². The molecular weight excluding hydrogens is 423 g/mol. The van der Waals surface area contributed by atoms with E-state index >= 15 is 0 Å². The fourth-order valence-corrected chi connectivity index (χ4v) is 3.22. The van der Waals surface area contributed by atoms with Gasteiger partial charge in [0.1, 0.15) is 5.82 Å². The average molecular weight is 437 g/mol. The Hall–Kier alpha value is -2.39. The minimum Gasteiger partial charge on any atom is -0.446 e. The molecule has 0 fully saturated rings. The number of hydrogen-bond donors (Lipinski definition) is 1. The molecule has 0 atom stereocenters. The molecule has 0 saturated carbocycles. The molecule has 3 rings (SSSR count). The molecule has 2 heterocycles. The molecule has 9 heteroatoms. The molecule has 1 amide bonds. The van der Waals surface area contributed by atoms with Crippen molar-refractivity contribution in [3.8, 4) is 11.6 Å². The topological polar surface area (TPSA) is 73.0 Å². The fraction of sp³-hybridized carbons (Fsp3) is 0.118. The van der Waals surface area contributed by atoms with Gasteiger partial charge in [0, 0.05) is 12.2 Å². The van der Waals surface area contributed by atoms with Crippen molar-refractivity contribution in [2.45, 2.75) is 11.7 Å². The first-order valence-electron chi connectivity index (χ1n) is 7.55. The number of anilines is 1. The van der Waals surface area contributed by atoms with Crippen LogP contribution in [0.4, 0.5) is 10.1 Å². The summed E-state index contributed by atoms with van der Waals surface area (Å²) in [5.41, 5.74) is 0.533. The van der Waals surface area contributed by atoms with Crippen molar-refractivity contribution >= 4 is 39.3 Å². The number of nitrogens with zero attached hydrogens (tertiary/aromatic N) is 3. The van der Waals surface area contributed by atoms with E-state index in [1.165, 1.54) is 36.0 Å². The Balaban J connectivity index is 1.69. The van der Waals surface area contributed by atoms with Crippen LogP contribution in [0.25, 0.3) is 11.6 Å². The molecule has 1 N–H and O–H groups in total. The van der Waals surface area contributed by atoms with Gasteiger partial charge in [-0.05, 0) is 52.3 Å². The Morgan fingerprint density at radius 2 is 2.08 bits per heavy atom. The molecule has 6 nitrogen and oxygen atoms in total. The normalized spacial score (nSPS) is 10.7. The van der Waals surface area contributed by atoms with Gasteiger partial charge in [-0.3, -0.25) is 9.36 Å². The summed E-state index contributed by atoms with van der Waals surface area (Å²) < 4.78 is 20.8. The molecule has 0 saturated heterocycles. The van der Waals surface area contributed by atoms with Crippen LogP contribution in [0.3, 0.4) is 0 Å². The second-order valence-electron chi connectivity index (χ2n) is 5.15. The molecule has 0 bridgehead atoms. The van der Waals surface area contributed by atoms with Gasteiger partial charge >= 0.3 is 0 Å². The van der Waals surface area contributed by atoms with Crippen LogP contribution in [0.5, 0.6) is 0 Å². The number of allylic oxidation sites excluding steroid dienone is 1. The summed E-state index contributed by atoms with van der Waals surface area (Å²) in [6.45, 7) is 4.21. The lowest BCUT2D eigenvalue weighted by molar-refractivity contribution is -0.113. The fourth-order valence-electron chi connectivity index (χ4n) is 2.17. The number of hydrogen-bond acceptors (Lipinski definition) is 5. The average Bonchev–Trinajstić information content (AvgIpc) is 3.22. The summed E-state index contributed by atoms with van der Waals surface area (Å²) in [5.74, 6) is 0.670. The predicted octanol–water partition coefficient (Wildman–Crippen LogP) is 4.36. The maximum atomic E-state index is 12.9. The summed E-state index contributed by atoms with van der Waals surface area (Å²) in [6, 6.07) is 9.14. The zero-order chi connectivity index (χ0) is 18.5. The highest BCUT2D eigenvalue weighted by atomic mass is 79.9. The number of benzene rings is 1. The second kappa shape index (κ2) is 8.33. The lowest BCUT2D eigenvalue weighted by atomic mass is 10.3. The van der Waals surface area contributed by atoms with E-state index in [4.69, 9.17) is 4.42 Å². The van der Waals surface area contributed by atoms with E-state index in [1.54, 1.807) is 18.2 Å². The maximum absolute atomic E-state index is 12.9. The van der Waals surface area contributed by atoms with Gasteiger partial charge in [0.05, 0.1) is 5.75 Å². The van der Waals surface area contributed by atoms with Crippen molar-refractivity contribution in [1.82, 2.24) is 14.8 Å². The second-order valence-corrected chi connectivity index (χ2v) is 6.88. The third-order valence-corrected chi connectivity index (χ3v) is 4.68. The van der Waals surface area contributed by atoms with E-state index in [2.05, 4.69) is 38.0 Å². The maximum Gasteiger partial charge on any atom is 0.234 e. The van der Waals surface area contributed by atoms with Crippen LogP contribution in [-0.4, -0.2) is 26.4 Å². The number of rotatable bonds is 7. The van der Waals surface area contributed by atoms with Crippen LogP contribution in [0, 0.1) is 5.82 Å². The Morgan fingerprint density at radius 1 is 1.31 bits per heavy atom. The molecule has 0 aliphatic rings. The Kier molecular flexibility index (Phi) is 5.89. The SMILES string of the molecule is C=CCn1c(SCC(=O)Nc2ccc(F)cc2)nnc1-c1ccc(Br)o1. The van der Waals surface area contributed by atoms with Crippen molar-refractivity contribution in [2.75, 3.05) is 11.1 Å². The number of carbonyl (C=O) groups excluding carboxylic acids is 1. The molecule has 26 heavy (non-hydrogen) atoms. The third-order valence-electron chi connectivity index (χ3n) is 3.28. The molecule has 0 aliphatic heterocycles. The monoisotopic (exact) mass is 436 g/mol. The van der Waals surface area contributed by atoms with E-state index in [0.29, 0.717) is 33.6 Å². The molecule has 134 valence electrons. The van der Waals surface area contributed by atoms with Gasteiger partial charge in [0.25, 0.3) is 0 Å². The largest absolute Gasteiger partial charge is 0.446 e. The summed E-state index contributed by atoms with van der Waals surface area (Å²) in [4.78, 5) is 12.1. The van der Waals surface area contributed by atoms with Gasteiger partial charge in [-0.1, -0.05) is 17.8 Å². The first kappa shape index (κ1) is 18.4. The Bertz CT molecular complexity index is 923. The molecular formula is C17H14BrFN4O2S. The first-order chi connectivity index (χ1) is 12.6. The van der Waals surface area contributed by atoms with Crippen LogP contribution < -0.4 is 5.32 Å². The van der Waals surface area contributed by atoms with E-state index in [0.717, 1.165) is 0 Å². The molecule has 1 aromatic carbocycles. The third kappa shape index (κ3) is 4.41. The highest BCUT2D eigenvalue weighted by Gasteiger charge is 2.17. The minimum absolute atomic E-state index is 0.133. The van der Waals surface area contributed by atoms with Crippen LogP contribution in [-0.2, 0) is 11.3 Å². The Labute approximate surface area is 161 Å². The standard InChI is InChI=1S/C17H14BrFN4O2S/c1-2-9-23-16(13-7-8-14(18)25-13)21-22-17(23)26-10-15(24)20-12-5-3-11(19)4-6-12/h2-8H,1,9-10H2,(H,20,24). The van der Waals surface area contributed by atoms with Gasteiger partial charge in [0.15, 0.2) is 15.6 Å². The van der Waals surface area contributed by atoms with Gasteiger partial charge in [0.2, 0.25) is 11.7 Å². The first-order valence-corrected chi connectivity index (χ1v) is 9.32. The highest BCUT2D eigenvalue weighted by molar-refractivity contribution is 9.10. The number of nitrogens with one attached hydrogen (secondary N) is 1. The van der Waals surface area contributed by atoms with E-state index in [9.17, 15) is 9.18 Å². The molecule has 0 aliphatic carbocycles. The molecule has 3 aromatic rings. The van der Waals surface area contributed by atoms with E-state index < -0.39 is 0 Å². The lowest BCUT2D eigenvalue weighted by Gasteiger charge is -2.07. The summed E-state index contributed by atoms with van der Waals surface area (Å²) in [5, 5.41) is 11.6. The number of carbonyl (C=O) groups is 1. The number of amides is 1. The van der Waals surface area contributed by atoms with Crippen molar-refractivity contribution in [3.05, 3.63) is 59.5 Å². The van der Waals surface area contributed by atoms with Crippen LogP contribution >= 0.6 is 27.7 Å².